The Balaban J connectivity index is 2.68. The van der Waals surface area contributed by atoms with Gasteiger partial charge >= 0.3 is 0 Å². The molecule has 0 spiro atoms. The second-order valence-electron chi connectivity index (χ2n) is 3.41. The van der Waals surface area contributed by atoms with E-state index in [-0.39, 0.29) is 5.91 Å². The molecule has 0 aromatic rings. The lowest BCUT2D eigenvalue weighted by atomic mass is 10.1. The molecule has 1 amide bonds. The van der Waals surface area contributed by atoms with E-state index in [1.54, 1.807) is 5.01 Å². The molecule has 0 N–H and O–H groups in total. The van der Waals surface area contributed by atoms with E-state index in [4.69, 9.17) is 0 Å². The molecule has 0 saturated heterocycles. The van der Waals surface area contributed by atoms with E-state index in [1.807, 2.05) is 6.92 Å². The molecule has 0 aliphatic carbocycles. The Bertz CT molecular complexity index is 219. The molecular weight excluding hydrogens is 164 g/mol. The molecule has 3 heteroatoms. The SMILES string of the molecule is CCC1=NN(C(CC)CC)C(=O)C1. The molecule has 0 aromatic heterocycles. The first kappa shape index (κ1) is 10.2. The monoisotopic (exact) mass is 182 g/mol. The topological polar surface area (TPSA) is 32.7 Å². The fourth-order valence-corrected chi connectivity index (χ4v) is 1.61. The van der Waals surface area contributed by atoms with Crippen molar-refractivity contribution < 1.29 is 4.79 Å². The molecule has 0 fully saturated rings. The van der Waals surface area contributed by atoms with Gasteiger partial charge in [0.25, 0.3) is 0 Å². The molecule has 0 atom stereocenters. The first-order chi connectivity index (χ1) is 6.22. The van der Waals surface area contributed by atoms with Crippen molar-refractivity contribution in [3.05, 3.63) is 0 Å². The Morgan fingerprint density at radius 2 is 2.00 bits per heavy atom. The summed E-state index contributed by atoms with van der Waals surface area (Å²) in [7, 11) is 0. The van der Waals surface area contributed by atoms with Crippen LogP contribution in [0.25, 0.3) is 0 Å². The van der Waals surface area contributed by atoms with Crippen LogP contribution in [0.2, 0.25) is 0 Å². The molecule has 1 heterocycles. The number of hydrogen-bond donors (Lipinski definition) is 0. The molecule has 0 bridgehead atoms. The number of hydrogen-bond acceptors (Lipinski definition) is 2. The lowest BCUT2D eigenvalue weighted by Gasteiger charge is -2.21. The van der Waals surface area contributed by atoms with Gasteiger partial charge in [-0.3, -0.25) is 4.79 Å². The number of nitrogens with zero attached hydrogens (tertiary/aromatic N) is 2. The second kappa shape index (κ2) is 4.40. The summed E-state index contributed by atoms with van der Waals surface area (Å²) in [4.78, 5) is 11.5. The van der Waals surface area contributed by atoms with Crippen LogP contribution in [0, 0.1) is 0 Å². The van der Waals surface area contributed by atoms with Gasteiger partial charge in [-0.1, -0.05) is 20.8 Å². The van der Waals surface area contributed by atoms with Crippen LogP contribution >= 0.6 is 0 Å². The average Bonchev–Trinajstić information content (AvgIpc) is 2.50. The summed E-state index contributed by atoms with van der Waals surface area (Å²) >= 11 is 0. The normalized spacial score (nSPS) is 17.1. The van der Waals surface area contributed by atoms with E-state index >= 15 is 0 Å². The van der Waals surface area contributed by atoms with Gasteiger partial charge in [0.1, 0.15) is 0 Å². The van der Waals surface area contributed by atoms with Crippen molar-refractivity contribution in [2.75, 3.05) is 0 Å². The van der Waals surface area contributed by atoms with Crippen LogP contribution in [-0.2, 0) is 4.79 Å². The number of carbonyl (C=O) groups excluding carboxylic acids is 1. The quantitative estimate of drug-likeness (QED) is 0.655. The van der Waals surface area contributed by atoms with E-state index in [0.717, 1.165) is 25.0 Å². The zero-order valence-electron chi connectivity index (χ0n) is 8.71. The smallest absolute Gasteiger partial charge is 0.248 e. The minimum Gasteiger partial charge on any atom is -0.273 e. The Labute approximate surface area is 79.8 Å². The fourth-order valence-electron chi connectivity index (χ4n) is 1.61. The Hall–Kier alpha value is -0.860. The largest absolute Gasteiger partial charge is 0.273 e. The molecule has 74 valence electrons. The van der Waals surface area contributed by atoms with Crippen LogP contribution in [0.15, 0.2) is 5.10 Å². The third-order valence-electron chi connectivity index (χ3n) is 2.56. The van der Waals surface area contributed by atoms with Crippen LogP contribution in [0.3, 0.4) is 0 Å². The van der Waals surface area contributed by atoms with Gasteiger partial charge in [-0.25, -0.2) is 5.01 Å². The third-order valence-corrected chi connectivity index (χ3v) is 2.56. The zero-order chi connectivity index (χ0) is 9.84. The predicted octanol–water partition coefficient (Wildman–Crippen LogP) is 2.17. The lowest BCUT2D eigenvalue weighted by molar-refractivity contribution is -0.131. The summed E-state index contributed by atoms with van der Waals surface area (Å²) < 4.78 is 0. The van der Waals surface area contributed by atoms with Crippen LogP contribution in [0.5, 0.6) is 0 Å². The standard InChI is InChI=1S/C10H18N2O/c1-4-8-7-10(13)12(11-8)9(5-2)6-3/h9H,4-7H2,1-3H3. The van der Waals surface area contributed by atoms with Gasteiger partial charge in [-0.05, 0) is 19.3 Å². The molecule has 0 unspecified atom stereocenters. The summed E-state index contributed by atoms with van der Waals surface area (Å²) in [5, 5.41) is 6.01. The molecule has 0 aromatic carbocycles. The van der Waals surface area contributed by atoms with E-state index in [0.29, 0.717) is 12.5 Å². The number of hydrazone groups is 1. The Kier molecular flexibility index (Phi) is 3.46. The highest BCUT2D eigenvalue weighted by molar-refractivity contribution is 6.04. The van der Waals surface area contributed by atoms with Gasteiger partial charge in [0.15, 0.2) is 0 Å². The maximum atomic E-state index is 11.5. The maximum absolute atomic E-state index is 11.5. The van der Waals surface area contributed by atoms with E-state index in [2.05, 4.69) is 18.9 Å². The van der Waals surface area contributed by atoms with Crippen LogP contribution in [-0.4, -0.2) is 22.7 Å². The van der Waals surface area contributed by atoms with Crippen molar-refractivity contribution in [1.82, 2.24) is 5.01 Å². The molecule has 1 rings (SSSR count). The summed E-state index contributed by atoms with van der Waals surface area (Å²) in [6, 6.07) is 0.302. The van der Waals surface area contributed by atoms with Gasteiger partial charge in [0, 0.05) is 5.71 Å². The number of amides is 1. The van der Waals surface area contributed by atoms with Crippen LogP contribution in [0.4, 0.5) is 0 Å². The molecule has 13 heavy (non-hydrogen) atoms. The molecule has 3 nitrogen and oxygen atoms in total. The van der Waals surface area contributed by atoms with Crippen molar-refractivity contribution in [3.63, 3.8) is 0 Å². The van der Waals surface area contributed by atoms with Crippen molar-refractivity contribution in [3.8, 4) is 0 Å². The third kappa shape index (κ3) is 2.08. The Morgan fingerprint density at radius 3 is 2.38 bits per heavy atom. The van der Waals surface area contributed by atoms with Gasteiger partial charge in [-0.15, -0.1) is 0 Å². The highest BCUT2D eigenvalue weighted by Crippen LogP contribution is 2.17. The van der Waals surface area contributed by atoms with Crippen LogP contribution < -0.4 is 0 Å². The highest BCUT2D eigenvalue weighted by Gasteiger charge is 2.27. The van der Waals surface area contributed by atoms with Gasteiger partial charge in [0.2, 0.25) is 5.91 Å². The van der Waals surface area contributed by atoms with E-state index < -0.39 is 0 Å². The first-order valence-corrected chi connectivity index (χ1v) is 5.11. The zero-order valence-corrected chi connectivity index (χ0v) is 8.71. The first-order valence-electron chi connectivity index (χ1n) is 5.11. The molecule has 0 saturated carbocycles. The maximum Gasteiger partial charge on any atom is 0.248 e. The average molecular weight is 182 g/mol. The lowest BCUT2D eigenvalue weighted by Crippen LogP contribution is -2.31. The van der Waals surface area contributed by atoms with Crippen molar-refractivity contribution in [2.24, 2.45) is 5.10 Å². The second-order valence-corrected chi connectivity index (χ2v) is 3.41. The minimum absolute atomic E-state index is 0.172. The van der Waals surface area contributed by atoms with E-state index in [1.165, 1.54) is 0 Å². The molecular formula is C10H18N2O. The van der Waals surface area contributed by atoms with Gasteiger partial charge in [0.05, 0.1) is 12.5 Å². The summed E-state index contributed by atoms with van der Waals surface area (Å²) in [6.45, 7) is 6.24. The molecule has 1 aliphatic heterocycles. The van der Waals surface area contributed by atoms with Gasteiger partial charge < -0.3 is 0 Å². The molecule has 1 aliphatic rings. The summed E-state index contributed by atoms with van der Waals surface area (Å²) in [5.41, 5.74) is 1.02. The van der Waals surface area contributed by atoms with Crippen molar-refractivity contribution in [1.29, 1.82) is 0 Å². The van der Waals surface area contributed by atoms with Gasteiger partial charge in [-0.2, -0.15) is 5.10 Å². The minimum atomic E-state index is 0.172. The number of rotatable bonds is 4. The van der Waals surface area contributed by atoms with Crippen molar-refractivity contribution >= 4 is 11.6 Å². The van der Waals surface area contributed by atoms with E-state index in [9.17, 15) is 4.79 Å². The van der Waals surface area contributed by atoms with Crippen LogP contribution in [0.1, 0.15) is 46.5 Å². The predicted molar refractivity (Wildman–Crippen MR) is 53.6 cm³/mol. The summed E-state index contributed by atoms with van der Waals surface area (Å²) in [5.74, 6) is 0.172. The number of carbonyl (C=O) groups is 1. The van der Waals surface area contributed by atoms with Crippen molar-refractivity contribution in [2.45, 2.75) is 52.5 Å². The Morgan fingerprint density at radius 1 is 1.38 bits per heavy atom. The summed E-state index contributed by atoms with van der Waals surface area (Å²) in [6.07, 6.45) is 3.40. The highest BCUT2D eigenvalue weighted by atomic mass is 16.2. The molecule has 0 radical (unpaired) electrons. The fraction of sp³-hybridized carbons (Fsp3) is 0.800.